The fourth-order valence-corrected chi connectivity index (χ4v) is 3.10. The Balaban J connectivity index is 1.92. The maximum Gasteiger partial charge on any atom is 0.260 e. The lowest BCUT2D eigenvalue weighted by Crippen LogP contribution is -2.12. The second-order valence-electron chi connectivity index (χ2n) is 4.72. The van der Waals surface area contributed by atoms with Crippen molar-refractivity contribution < 1.29 is 4.79 Å². The highest BCUT2D eigenvalue weighted by Gasteiger charge is 2.13. The van der Waals surface area contributed by atoms with Gasteiger partial charge in [-0.2, -0.15) is 0 Å². The molecule has 0 aliphatic carbocycles. The Bertz CT molecular complexity index is 805. The van der Waals surface area contributed by atoms with Crippen molar-refractivity contribution in [2.75, 3.05) is 5.32 Å². The number of carbonyl (C=O) groups excluding carboxylic acids is 1. The highest BCUT2D eigenvalue weighted by atomic mass is 35.5. The molecule has 2 heterocycles. The van der Waals surface area contributed by atoms with E-state index in [1.54, 1.807) is 18.3 Å². The maximum atomic E-state index is 12.2. The van der Waals surface area contributed by atoms with Crippen LogP contribution >= 0.6 is 22.9 Å². The van der Waals surface area contributed by atoms with Crippen molar-refractivity contribution in [1.82, 2.24) is 9.97 Å². The molecule has 2 aromatic heterocycles. The summed E-state index contributed by atoms with van der Waals surface area (Å²) in [6, 6.07) is 7.40. The highest BCUT2D eigenvalue weighted by molar-refractivity contribution is 7.22. The summed E-state index contributed by atoms with van der Waals surface area (Å²) in [5.41, 5.74) is 3.61. The van der Waals surface area contributed by atoms with Gasteiger partial charge in [0.25, 0.3) is 5.91 Å². The van der Waals surface area contributed by atoms with Crippen molar-refractivity contribution in [3.63, 3.8) is 0 Å². The Morgan fingerprint density at radius 2 is 2.05 bits per heavy atom. The molecule has 3 aromatic rings. The lowest BCUT2D eigenvalue weighted by molar-refractivity contribution is 0.102. The zero-order valence-electron chi connectivity index (χ0n) is 11.5. The molecule has 0 fully saturated rings. The van der Waals surface area contributed by atoms with Gasteiger partial charge in [0, 0.05) is 6.20 Å². The minimum atomic E-state index is -0.305. The number of carbonyl (C=O) groups is 1. The molecule has 0 saturated heterocycles. The smallest absolute Gasteiger partial charge is 0.260 e. The van der Waals surface area contributed by atoms with Gasteiger partial charge in [0.1, 0.15) is 5.15 Å². The van der Waals surface area contributed by atoms with Crippen LogP contribution in [0.1, 0.15) is 21.5 Å². The molecule has 0 unspecified atom stereocenters. The van der Waals surface area contributed by atoms with E-state index in [-0.39, 0.29) is 11.1 Å². The minimum Gasteiger partial charge on any atom is -0.298 e. The number of fused-ring (bicyclic) bond motifs is 1. The van der Waals surface area contributed by atoms with Gasteiger partial charge in [-0.25, -0.2) is 9.97 Å². The topological polar surface area (TPSA) is 54.9 Å². The first kappa shape index (κ1) is 14.0. The first-order valence-corrected chi connectivity index (χ1v) is 7.53. The summed E-state index contributed by atoms with van der Waals surface area (Å²) in [7, 11) is 0. The van der Waals surface area contributed by atoms with Crippen LogP contribution in [0.5, 0.6) is 0 Å². The third-order valence-corrected chi connectivity index (χ3v) is 4.46. The summed E-state index contributed by atoms with van der Waals surface area (Å²) in [5, 5.41) is 3.51. The molecule has 0 bridgehead atoms. The van der Waals surface area contributed by atoms with Crippen LogP contribution in [-0.2, 0) is 0 Å². The van der Waals surface area contributed by atoms with Crippen LogP contribution in [0.4, 0.5) is 5.13 Å². The van der Waals surface area contributed by atoms with Crippen molar-refractivity contribution in [2.45, 2.75) is 13.8 Å². The average Bonchev–Trinajstić information content (AvgIpc) is 2.81. The Morgan fingerprint density at radius 1 is 1.29 bits per heavy atom. The number of hydrogen-bond acceptors (Lipinski definition) is 4. The van der Waals surface area contributed by atoms with E-state index in [0.717, 1.165) is 10.2 Å². The first-order valence-electron chi connectivity index (χ1n) is 6.34. The number of aromatic nitrogens is 2. The predicted octanol–water partition coefficient (Wildman–Crippen LogP) is 4.21. The third kappa shape index (κ3) is 2.75. The van der Waals surface area contributed by atoms with Crippen molar-refractivity contribution in [1.29, 1.82) is 0 Å². The SMILES string of the molecule is Cc1cc2nc(NC(=O)c3cccnc3Cl)sc2cc1C. The molecule has 0 saturated carbocycles. The Kier molecular flexibility index (Phi) is 3.61. The molecule has 21 heavy (non-hydrogen) atoms. The second-order valence-corrected chi connectivity index (χ2v) is 6.11. The van der Waals surface area contributed by atoms with Gasteiger partial charge >= 0.3 is 0 Å². The molecule has 6 heteroatoms. The van der Waals surface area contributed by atoms with E-state index in [4.69, 9.17) is 11.6 Å². The van der Waals surface area contributed by atoms with Crippen LogP contribution in [0, 0.1) is 13.8 Å². The lowest BCUT2D eigenvalue weighted by Gasteiger charge is -2.02. The summed E-state index contributed by atoms with van der Waals surface area (Å²) < 4.78 is 1.05. The number of nitrogens with one attached hydrogen (secondary N) is 1. The average molecular weight is 318 g/mol. The number of rotatable bonds is 2. The molecule has 0 atom stereocenters. The maximum absolute atomic E-state index is 12.2. The quantitative estimate of drug-likeness (QED) is 0.720. The molecule has 3 rings (SSSR count). The molecule has 1 N–H and O–H groups in total. The van der Waals surface area contributed by atoms with Crippen molar-refractivity contribution in [3.8, 4) is 0 Å². The minimum absolute atomic E-state index is 0.183. The number of amides is 1. The van der Waals surface area contributed by atoms with Crippen LogP contribution in [-0.4, -0.2) is 15.9 Å². The molecule has 0 aliphatic heterocycles. The Morgan fingerprint density at radius 3 is 2.81 bits per heavy atom. The summed E-state index contributed by atoms with van der Waals surface area (Å²) in [6.07, 6.45) is 1.54. The van der Waals surface area contributed by atoms with E-state index in [0.29, 0.717) is 10.7 Å². The predicted molar refractivity (Wildman–Crippen MR) is 86.3 cm³/mol. The normalized spacial score (nSPS) is 10.8. The molecule has 4 nitrogen and oxygen atoms in total. The zero-order chi connectivity index (χ0) is 15.0. The number of benzene rings is 1. The molecule has 106 valence electrons. The van der Waals surface area contributed by atoms with Crippen LogP contribution in [0.25, 0.3) is 10.2 Å². The summed E-state index contributed by atoms with van der Waals surface area (Å²) in [4.78, 5) is 20.5. The third-order valence-electron chi connectivity index (χ3n) is 3.23. The number of thiazole rings is 1. The Labute approximate surface area is 130 Å². The van der Waals surface area contributed by atoms with E-state index >= 15 is 0 Å². The molecule has 0 radical (unpaired) electrons. The zero-order valence-corrected chi connectivity index (χ0v) is 13.0. The van der Waals surface area contributed by atoms with Crippen molar-refractivity contribution in [2.24, 2.45) is 0 Å². The van der Waals surface area contributed by atoms with Crippen molar-refractivity contribution >= 4 is 44.2 Å². The van der Waals surface area contributed by atoms with Crippen LogP contribution in [0.3, 0.4) is 0 Å². The summed E-state index contributed by atoms with van der Waals surface area (Å²) in [5.74, 6) is -0.305. The number of aryl methyl sites for hydroxylation is 2. The van der Waals surface area contributed by atoms with Gasteiger partial charge in [0.05, 0.1) is 15.8 Å². The molecule has 0 aliphatic rings. The number of pyridine rings is 1. The first-order chi connectivity index (χ1) is 10.0. The van der Waals surface area contributed by atoms with Gasteiger partial charge in [-0.05, 0) is 49.2 Å². The molecule has 0 spiro atoms. The number of hydrogen-bond donors (Lipinski definition) is 1. The monoisotopic (exact) mass is 317 g/mol. The summed E-state index contributed by atoms with van der Waals surface area (Å²) >= 11 is 7.36. The van der Waals surface area contributed by atoms with Crippen LogP contribution in [0.15, 0.2) is 30.5 Å². The highest BCUT2D eigenvalue weighted by Crippen LogP contribution is 2.28. The number of anilines is 1. The van der Waals surface area contributed by atoms with Gasteiger partial charge in [0.15, 0.2) is 5.13 Å². The molecule has 1 amide bonds. The summed E-state index contributed by atoms with van der Waals surface area (Å²) in [6.45, 7) is 4.10. The van der Waals surface area contributed by atoms with E-state index in [2.05, 4.69) is 28.3 Å². The van der Waals surface area contributed by atoms with Gasteiger partial charge in [-0.15, -0.1) is 0 Å². The lowest BCUT2D eigenvalue weighted by atomic mass is 10.1. The Hall–Kier alpha value is -1.98. The van der Waals surface area contributed by atoms with Crippen molar-refractivity contribution in [3.05, 3.63) is 52.3 Å². The van der Waals surface area contributed by atoms with E-state index in [1.807, 2.05) is 13.0 Å². The molecule has 1 aromatic carbocycles. The number of nitrogens with zero attached hydrogens (tertiary/aromatic N) is 2. The molecular formula is C15H12ClN3OS. The molecular weight excluding hydrogens is 306 g/mol. The van der Waals surface area contributed by atoms with Gasteiger partial charge in [-0.3, -0.25) is 10.1 Å². The fourth-order valence-electron chi connectivity index (χ4n) is 1.95. The number of halogens is 1. The van der Waals surface area contributed by atoms with E-state index < -0.39 is 0 Å². The standard InChI is InChI=1S/C15H12ClN3OS/c1-8-6-11-12(7-9(8)2)21-15(18-11)19-14(20)10-4-3-5-17-13(10)16/h3-7H,1-2H3,(H,18,19,20). The van der Waals surface area contributed by atoms with Gasteiger partial charge in [0.2, 0.25) is 0 Å². The largest absolute Gasteiger partial charge is 0.298 e. The van der Waals surface area contributed by atoms with Gasteiger partial charge < -0.3 is 0 Å². The fraction of sp³-hybridized carbons (Fsp3) is 0.133. The van der Waals surface area contributed by atoms with Crippen LogP contribution in [0.2, 0.25) is 5.15 Å². The second kappa shape index (κ2) is 5.42. The van der Waals surface area contributed by atoms with E-state index in [9.17, 15) is 4.79 Å². The van der Waals surface area contributed by atoms with Crippen LogP contribution < -0.4 is 5.32 Å². The van der Waals surface area contributed by atoms with E-state index in [1.165, 1.54) is 22.5 Å². The van der Waals surface area contributed by atoms with Gasteiger partial charge in [-0.1, -0.05) is 22.9 Å².